The summed E-state index contributed by atoms with van der Waals surface area (Å²) in [5, 5.41) is 2.79. The first kappa shape index (κ1) is 23.3. The van der Waals surface area contributed by atoms with E-state index in [0.717, 1.165) is 22.6 Å². The fourth-order valence-electron chi connectivity index (χ4n) is 3.52. The van der Waals surface area contributed by atoms with Crippen molar-refractivity contribution in [3.8, 4) is 5.75 Å². The van der Waals surface area contributed by atoms with Gasteiger partial charge in [0.05, 0.1) is 25.3 Å². The van der Waals surface area contributed by atoms with Crippen molar-refractivity contribution in [2.75, 3.05) is 37.1 Å². The summed E-state index contributed by atoms with van der Waals surface area (Å²) in [6.45, 7) is 5.02. The smallest absolute Gasteiger partial charge is 0.332 e. The zero-order valence-electron chi connectivity index (χ0n) is 18.7. The van der Waals surface area contributed by atoms with Gasteiger partial charge in [-0.1, -0.05) is 19.1 Å². The summed E-state index contributed by atoms with van der Waals surface area (Å²) < 4.78 is 10.6. The standard InChI is InChI=1S/C24H29N3O5/c1-4-13-32-20-10-8-18(9-11-20)25-22(28)16-21-23(29)27(19-7-5-6-17(2)15-19)24(30)26(21)12-14-31-3/h5-11,15,21H,4,12-14,16H2,1-3H3,(H,25,28)/t21-/m0/s1. The Balaban J connectivity index is 1.72. The van der Waals surface area contributed by atoms with Gasteiger partial charge in [0.2, 0.25) is 5.91 Å². The molecule has 1 aliphatic rings. The van der Waals surface area contributed by atoms with Crippen molar-refractivity contribution in [3.05, 3.63) is 54.1 Å². The molecule has 32 heavy (non-hydrogen) atoms. The first-order valence-corrected chi connectivity index (χ1v) is 10.7. The molecule has 4 amide bonds. The van der Waals surface area contributed by atoms with Crippen molar-refractivity contribution in [3.63, 3.8) is 0 Å². The third-order valence-corrected chi connectivity index (χ3v) is 5.10. The summed E-state index contributed by atoms with van der Waals surface area (Å²) in [4.78, 5) is 41.4. The van der Waals surface area contributed by atoms with Gasteiger partial charge < -0.3 is 19.7 Å². The van der Waals surface area contributed by atoms with Crippen molar-refractivity contribution in [2.45, 2.75) is 32.7 Å². The molecule has 1 N–H and O–H groups in total. The Morgan fingerprint density at radius 2 is 1.84 bits per heavy atom. The van der Waals surface area contributed by atoms with E-state index in [9.17, 15) is 14.4 Å². The molecule has 0 radical (unpaired) electrons. The Bertz CT molecular complexity index is 960. The van der Waals surface area contributed by atoms with Gasteiger partial charge in [0.15, 0.2) is 0 Å². The van der Waals surface area contributed by atoms with Crippen LogP contribution < -0.4 is 15.0 Å². The van der Waals surface area contributed by atoms with Gasteiger partial charge in [-0.25, -0.2) is 9.69 Å². The van der Waals surface area contributed by atoms with Gasteiger partial charge in [0.1, 0.15) is 11.8 Å². The molecule has 0 bridgehead atoms. The zero-order chi connectivity index (χ0) is 23.1. The SMILES string of the molecule is CCCOc1ccc(NC(=O)C[C@H]2C(=O)N(c3cccc(C)c3)C(=O)N2CCOC)cc1. The Morgan fingerprint density at radius 3 is 2.50 bits per heavy atom. The lowest BCUT2D eigenvalue weighted by molar-refractivity contribution is -0.124. The lowest BCUT2D eigenvalue weighted by atomic mass is 10.1. The normalized spacial score (nSPS) is 15.9. The summed E-state index contributed by atoms with van der Waals surface area (Å²) >= 11 is 0. The summed E-state index contributed by atoms with van der Waals surface area (Å²) in [5.41, 5.74) is 2.02. The van der Waals surface area contributed by atoms with E-state index in [2.05, 4.69) is 5.32 Å². The van der Waals surface area contributed by atoms with Gasteiger partial charge in [-0.15, -0.1) is 0 Å². The number of urea groups is 1. The number of rotatable bonds is 10. The van der Waals surface area contributed by atoms with E-state index in [-0.39, 0.29) is 25.5 Å². The second-order valence-electron chi connectivity index (χ2n) is 7.62. The molecule has 1 aliphatic heterocycles. The van der Waals surface area contributed by atoms with Crippen molar-refractivity contribution in [1.29, 1.82) is 0 Å². The maximum absolute atomic E-state index is 13.2. The average Bonchev–Trinajstić information content (AvgIpc) is 3.00. The molecular formula is C24H29N3O5. The predicted molar refractivity (Wildman–Crippen MR) is 122 cm³/mol. The molecule has 0 aromatic heterocycles. The van der Waals surface area contributed by atoms with Gasteiger partial charge in [-0.2, -0.15) is 0 Å². The summed E-state index contributed by atoms with van der Waals surface area (Å²) in [6.07, 6.45) is 0.760. The fourth-order valence-corrected chi connectivity index (χ4v) is 3.52. The van der Waals surface area contributed by atoms with Gasteiger partial charge in [-0.3, -0.25) is 9.59 Å². The fraction of sp³-hybridized carbons (Fsp3) is 0.375. The number of imide groups is 1. The van der Waals surface area contributed by atoms with Crippen LogP contribution in [0.4, 0.5) is 16.2 Å². The van der Waals surface area contributed by atoms with Crippen LogP contribution in [0.1, 0.15) is 25.3 Å². The first-order chi connectivity index (χ1) is 15.4. The molecule has 1 saturated heterocycles. The molecule has 0 aliphatic carbocycles. The maximum Gasteiger partial charge on any atom is 0.332 e. The molecule has 0 unspecified atom stereocenters. The summed E-state index contributed by atoms with van der Waals surface area (Å²) in [6, 6.07) is 12.9. The van der Waals surface area contributed by atoms with Crippen molar-refractivity contribution in [2.24, 2.45) is 0 Å². The highest BCUT2D eigenvalue weighted by Crippen LogP contribution is 2.27. The van der Waals surface area contributed by atoms with Gasteiger partial charge in [-0.05, 0) is 55.3 Å². The number of anilines is 2. The molecule has 2 aromatic rings. The van der Waals surface area contributed by atoms with E-state index in [0.29, 0.717) is 18.0 Å². The largest absolute Gasteiger partial charge is 0.494 e. The number of benzene rings is 2. The Morgan fingerprint density at radius 1 is 1.09 bits per heavy atom. The van der Waals surface area contributed by atoms with Gasteiger partial charge >= 0.3 is 6.03 Å². The molecule has 0 saturated carbocycles. The number of aryl methyl sites for hydroxylation is 1. The predicted octanol–water partition coefficient (Wildman–Crippen LogP) is 3.60. The highest BCUT2D eigenvalue weighted by molar-refractivity contribution is 6.22. The highest BCUT2D eigenvalue weighted by Gasteiger charge is 2.46. The topological polar surface area (TPSA) is 88.2 Å². The van der Waals surface area contributed by atoms with Crippen molar-refractivity contribution >= 4 is 29.2 Å². The van der Waals surface area contributed by atoms with Crippen LogP contribution in [0.3, 0.4) is 0 Å². The second kappa shape index (κ2) is 10.8. The molecule has 8 heteroatoms. The first-order valence-electron chi connectivity index (χ1n) is 10.7. The molecular weight excluding hydrogens is 410 g/mol. The number of carbonyl (C=O) groups is 3. The number of methoxy groups -OCH3 is 1. The summed E-state index contributed by atoms with van der Waals surface area (Å²) in [7, 11) is 1.52. The highest BCUT2D eigenvalue weighted by atomic mass is 16.5. The van der Waals surface area contributed by atoms with Crippen LogP contribution in [-0.4, -0.2) is 55.7 Å². The van der Waals surface area contributed by atoms with E-state index < -0.39 is 18.0 Å². The number of amides is 4. The Labute approximate surface area is 188 Å². The third-order valence-electron chi connectivity index (χ3n) is 5.10. The molecule has 8 nitrogen and oxygen atoms in total. The van der Waals surface area contributed by atoms with Gasteiger partial charge in [0.25, 0.3) is 5.91 Å². The van der Waals surface area contributed by atoms with Crippen LogP contribution in [0, 0.1) is 6.92 Å². The minimum Gasteiger partial charge on any atom is -0.494 e. The molecule has 170 valence electrons. The van der Waals surface area contributed by atoms with Crippen molar-refractivity contribution < 1.29 is 23.9 Å². The maximum atomic E-state index is 13.2. The number of hydrogen-bond donors (Lipinski definition) is 1. The van der Waals surface area contributed by atoms with E-state index in [1.54, 1.807) is 42.5 Å². The molecule has 1 heterocycles. The number of nitrogens with zero attached hydrogens (tertiary/aromatic N) is 2. The Kier molecular flexibility index (Phi) is 7.83. The lowest BCUT2D eigenvalue weighted by Crippen LogP contribution is -2.39. The zero-order valence-corrected chi connectivity index (χ0v) is 18.7. The van der Waals surface area contributed by atoms with Crippen molar-refractivity contribution in [1.82, 2.24) is 4.90 Å². The Hall–Kier alpha value is -3.39. The number of carbonyl (C=O) groups excluding carboxylic acids is 3. The average molecular weight is 440 g/mol. The molecule has 2 aromatic carbocycles. The minimum absolute atomic E-state index is 0.148. The van der Waals surface area contributed by atoms with E-state index in [4.69, 9.17) is 9.47 Å². The van der Waals surface area contributed by atoms with Crippen LogP contribution >= 0.6 is 0 Å². The van der Waals surface area contributed by atoms with Crippen LogP contribution in [0.2, 0.25) is 0 Å². The third kappa shape index (κ3) is 5.45. The van der Waals surface area contributed by atoms with Crippen LogP contribution in [0.5, 0.6) is 5.75 Å². The molecule has 1 fully saturated rings. The number of hydrogen-bond acceptors (Lipinski definition) is 5. The van der Waals surface area contributed by atoms with E-state index >= 15 is 0 Å². The molecule has 1 atom stereocenters. The van der Waals surface area contributed by atoms with Gasteiger partial charge in [0, 0.05) is 19.3 Å². The van der Waals surface area contributed by atoms with E-state index in [1.165, 1.54) is 12.0 Å². The minimum atomic E-state index is -0.898. The second-order valence-corrected chi connectivity index (χ2v) is 7.62. The van der Waals surface area contributed by atoms with Crippen LogP contribution in [0.15, 0.2) is 48.5 Å². The number of ether oxygens (including phenoxy) is 2. The number of nitrogens with one attached hydrogen (secondary N) is 1. The van der Waals surface area contributed by atoms with E-state index in [1.807, 2.05) is 19.9 Å². The molecule has 3 rings (SSSR count). The summed E-state index contributed by atoms with van der Waals surface area (Å²) in [5.74, 6) is -0.0528. The monoisotopic (exact) mass is 439 g/mol. The quantitative estimate of drug-likeness (QED) is 0.572. The lowest BCUT2D eigenvalue weighted by Gasteiger charge is -2.21. The molecule has 0 spiro atoms. The van der Waals surface area contributed by atoms with Crippen LogP contribution in [-0.2, 0) is 14.3 Å². The van der Waals surface area contributed by atoms with Crippen LogP contribution in [0.25, 0.3) is 0 Å².